The largest absolute Gasteiger partial charge is 0.345 e. The molecule has 20 heavy (non-hydrogen) atoms. The molecule has 0 bridgehead atoms. The van der Waals surface area contributed by atoms with Gasteiger partial charge in [-0.25, -0.2) is 17.6 Å². The van der Waals surface area contributed by atoms with Crippen molar-refractivity contribution in [2.45, 2.75) is 6.92 Å². The Morgan fingerprint density at radius 2 is 1.55 bits per heavy atom. The summed E-state index contributed by atoms with van der Waals surface area (Å²) in [6, 6.07) is 0. The smallest absolute Gasteiger partial charge is 0.255 e. The summed E-state index contributed by atoms with van der Waals surface area (Å²) in [7, 11) is 0. The summed E-state index contributed by atoms with van der Waals surface area (Å²) in [5, 5.41) is 4.25. The van der Waals surface area contributed by atoms with Crippen molar-refractivity contribution in [2.24, 2.45) is 0 Å². The topological polar surface area (TPSA) is 58.2 Å². The Kier molecular flexibility index (Phi) is 5.49. The summed E-state index contributed by atoms with van der Waals surface area (Å²) in [6.45, 7) is 0.401. The van der Waals surface area contributed by atoms with Gasteiger partial charge in [-0.15, -0.1) is 0 Å². The Bertz CT molecular complexity index is 537. The summed E-state index contributed by atoms with van der Waals surface area (Å²) in [6.07, 6.45) is 0. The van der Waals surface area contributed by atoms with Crippen molar-refractivity contribution in [1.82, 2.24) is 10.6 Å². The average molecular weight is 357 g/mol. The number of carbonyl (C=O) groups is 2. The lowest BCUT2D eigenvalue weighted by Gasteiger charge is -2.10. The van der Waals surface area contributed by atoms with E-state index in [4.69, 9.17) is 0 Å². The molecule has 0 unspecified atom stereocenters. The minimum Gasteiger partial charge on any atom is -0.345 e. The molecule has 0 aliphatic carbocycles. The molecule has 2 amide bonds. The first-order valence-electron chi connectivity index (χ1n) is 5.24. The Labute approximate surface area is 119 Å². The van der Waals surface area contributed by atoms with E-state index in [0.29, 0.717) is 0 Å². The molecule has 9 heteroatoms. The minimum absolute atomic E-state index is 0.134. The average Bonchev–Trinajstić information content (AvgIpc) is 2.41. The van der Waals surface area contributed by atoms with Gasteiger partial charge in [0.25, 0.3) is 5.91 Å². The molecule has 1 rings (SSSR count). The summed E-state index contributed by atoms with van der Waals surface area (Å²) in [5.74, 6) is -9.35. The van der Waals surface area contributed by atoms with Crippen LogP contribution in [0.2, 0.25) is 0 Å². The predicted octanol–water partition coefficient (Wildman–Crippen LogP) is 1.75. The number of hydrogen-bond acceptors (Lipinski definition) is 2. The van der Waals surface area contributed by atoms with Crippen LogP contribution in [-0.2, 0) is 4.79 Å². The van der Waals surface area contributed by atoms with Crippen LogP contribution in [0.1, 0.15) is 15.9 Å². The van der Waals surface area contributed by atoms with E-state index in [2.05, 4.69) is 21.2 Å². The summed E-state index contributed by atoms with van der Waals surface area (Å²) in [5.41, 5.74) is -1.53. The van der Waals surface area contributed by atoms with Gasteiger partial charge < -0.3 is 10.6 Å². The van der Waals surface area contributed by atoms with Crippen LogP contribution in [0.3, 0.4) is 0 Å². The lowest BCUT2D eigenvalue weighted by atomic mass is 10.1. The number of rotatable bonds is 4. The van der Waals surface area contributed by atoms with Crippen molar-refractivity contribution in [2.75, 3.05) is 12.0 Å². The molecule has 0 atom stereocenters. The third-order valence-corrected chi connectivity index (χ3v) is 2.68. The first-order chi connectivity index (χ1) is 9.31. The van der Waals surface area contributed by atoms with Gasteiger partial charge in [-0.1, -0.05) is 15.9 Å². The fourth-order valence-electron chi connectivity index (χ4n) is 1.40. The standard InChI is InChI=1S/C11H9BrF4N2O2/c1-4-6(8(14)10(16)9(15)7(4)13)11(20)17-2-5(19)18-3-12/h2-3H2,1H3,(H,17,20)(H,18,19). The Balaban J connectivity index is 3.02. The molecule has 0 saturated heterocycles. The Hall–Kier alpha value is -1.64. The molecule has 110 valence electrons. The van der Waals surface area contributed by atoms with Gasteiger partial charge in [-0.2, -0.15) is 0 Å². The summed E-state index contributed by atoms with van der Waals surface area (Å²) < 4.78 is 52.7. The molecule has 0 saturated carbocycles. The van der Waals surface area contributed by atoms with Crippen LogP contribution >= 0.6 is 15.9 Å². The molecule has 0 aliphatic heterocycles. The van der Waals surface area contributed by atoms with E-state index in [0.717, 1.165) is 6.92 Å². The zero-order valence-corrected chi connectivity index (χ0v) is 11.7. The van der Waals surface area contributed by atoms with Gasteiger partial charge >= 0.3 is 0 Å². The number of nitrogens with one attached hydrogen (secondary N) is 2. The van der Waals surface area contributed by atoms with Crippen LogP contribution in [0.15, 0.2) is 0 Å². The van der Waals surface area contributed by atoms with Gasteiger partial charge in [0.2, 0.25) is 5.91 Å². The molecular weight excluding hydrogens is 348 g/mol. The van der Waals surface area contributed by atoms with E-state index >= 15 is 0 Å². The number of halogens is 5. The van der Waals surface area contributed by atoms with E-state index in [1.165, 1.54) is 0 Å². The fourth-order valence-corrected chi connectivity index (χ4v) is 1.71. The molecule has 0 radical (unpaired) electrons. The summed E-state index contributed by atoms with van der Waals surface area (Å²) in [4.78, 5) is 22.7. The van der Waals surface area contributed by atoms with Gasteiger partial charge in [0, 0.05) is 5.56 Å². The molecule has 0 aromatic heterocycles. The number of hydrogen-bond donors (Lipinski definition) is 2. The zero-order valence-electron chi connectivity index (χ0n) is 10.1. The summed E-state index contributed by atoms with van der Waals surface area (Å²) >= 11 is 2.91. The molecule has 1 aromatic carbocycles. The van der Waals surface area contributed by atoms with Gasteiger partial charge in [0.1, 0.15) is 0 Å². The van der Waals surface area contributed by atoms with Crippen molar-refractivity contribution in [1.29, 1.82) is 0 Å². The van der Waals surface area contributed by atoms with Gasteiger partial charge in [-0.05, 0) is 6.92 Å². The lowest BCUT2D eigenvalue weighted by molar-refractivity contribution is -0.119. The highest BCUT2D eigenvalue weighted by Gasteiger charge is 2.27. The monoisotopic (exact) mass is 356 g/mol. The van der Waals surface area contributed by atoms with Gasteiger partial charge in [-0.3, -0.25) is 9.59 Å². The minimum atomic E-state index is -2.08. The van der Waals surface area contributed by atoms with Crippen LogP contribution in [0, 0.1) is 30.2 Å². The molecule has 4 nitrogen and oxygen atoms in total. The van der Waals surface area contributed by atoms with E-state index in [1.807, 2.05) is 5.32 Å². The number of amides is 2. The quantitative estimate of drug-likeness (QED) is 0.284. The Morgan fingerprint density at radius 1 is 1.00 bits per heavy atom. The zero-order chi connectivity index (χ0) is 15.4. The molecule has 1 aromatic rings. The maximum atomic E-state index is 13.5. The third-order valence-electron chi connectivity index (χ3n) is 2.40. The number of carbonyl (C=O) groups excluding carboxylic acids is 2. The molecular formula is C11H9BrF4N2O2. The van der Waals surface area contributed by atoms with Crippen LogP contribution in [-0.4, -0.2) is 23.8 Å². The van der Waals surface area contributed by atoms with Crippen molar-refractivity contribution >= 4 is 27.7 Å². The highest BCUT2D eigenvalue weighted by atomic mass is 79.9. The molecule has 0 spiro atoms. The van der Waals surface area contributed by atoms with Crippen LogP contribution in [0.5, 0.6) is 0 Å². The van der Waals surface area contributed by atoms with Crippen molar-refractivity contribution in [3.63, 3.8) is 0 Å². The highest BCUT2D eigenvalue weighted by Crippen LogP contribution is 2.23. The molecule has 0 heterocycles. The Morgan fingerprint density at radius 3 is 2.10 bits per heavy atom. The number of alkyl halides is 1. The third kappa shape index (κ3) is 3.27. The first kappa shape index (κ1) is 16.4. The predicted molar refractivity (Wildman–Crippen MR) is 65.3 cm³/mol. The van der Waals surface area contributed by atoms with Crippen LogP contribution in [0.4, 0.5) is 17.6 Å². The lowest BCUT2D eigenvalue weighted by Crippen LogP contribution is -2.37. The second-order valence-electron chi connectivity index (χ2n) is 3.67. The molecule has 0 aliphatic rings. The second kappa shape index (κ2) is 6.69. The van der Waals surface area contributed by atoms with E-state index in [1.54, 1.807) is 0 Å². The van der Waals surface area contributed by atoms with E-state index < -0.39 is 52.8 Å². The van der Waals surface area contributed by atoms with E-state index in [9.17, 15) is 27.2 Å². The van der Waals surface area contributed by atoms with Crippen molar-refractivity contribution in [3.8, 4) is 0 Å². The second-order valence-corrected chi connectivity index (χ2v) is 4.23. The first-order valence-corrected chi connectivity index (χ1v) is 6.36. The normalized spacial score (nSPS) is 10.3. The maximum absolute atomic E-state index is 13.5. The van der Waals surface area contributed by atoms with E-state index in [-0.39, 0.29) is 5.45 Å². The van der Waals surface area contributed by atoms with Crippen LogP contribution < -0.4 is 10.6 Å². The molecule has 0 fully saturated rings. The van der Waals surface area contributed by atoms with Crippen molar-refractivity contribution < 1.29 is 27.2 Å². The van der Waals surface area contributed by atoms with Gasteiger partial charge in [0.15, 0.2) is 23.3 Å². The van der Waals surface area contributed by atoms with Crippen LogP contribution in [0.25, 0.3) is 0 Å². The number of benzene rings is 1. The molecule has 2 N–H and O–H groups in total. The van der Waals surface area contributed by atoms with Gasteiger partial charge in [0.05, 0.1) is 17.6 Å². The fraction of sp³-hybridized carbons (Fsp3) is 0.273. The maximum Gasteiger partial charge on any atom is 0.255 e. The SMILES string of the molecule is Cc1c(F)c(F)c(F)c(F)c1C(=O)NCC(=O)NCBr. The highest BCUT2D eigenvalue weighted by molar-refractivity contribution is 9.09. The van der Waals surface area contributed by atoms with Crippen molar-refractivity contribution in [3.05, 3.63) is 34.4 Å².